The highest BCUT2D eigenvalue weighted by molar-refractivity contribution is 6.17. The van der Waals surface area contributed by atoms with Crippen LogP contribution in [-0.4, -0.2) is 23.1 Å². The lowest BCUT2D eigenvalue weighted by Gasteiger charge is -2.38. The molecule has 2 aromatic carbocycles. The zero-order chi connectivity index (χ0) is 30.4. The first kappa shape index (κ1) is 30.1. The van der Waals surface area contributed by atoms with Gasteiger partial charge in [0.25, 0.3) is 0 Å². The van der Waals surface area contributed by atoms with Crippen molar-refractivity contribution in [2.75, 3.05) is 0 Å². The zero-order valence-corrected chi connectivity index (χ0v) is 26.0. The van der Waals surface area contributed by atoms with Gasteiger partial charge in [0.15, 0.2) is 23.1 Å². The van der Waals surface area contributed by atoms with E-state index in [2.05, 4.69) is 53.7 Å². The van der Waals surface area contributed by atoms with Crippen molar-refractivity contribution in [3.63, 3.8) is 0 Å². The van der Waals surface area contributed by atoms with Crippen LogP contribution in [0, 0.1) is 34.5 Å². The Hall–Kier alpha value is -3.40. The molecule has 4 unspecified atom stereocenters. The molecule has 0 spiro atoms. The highest BCUT2D eigenvalue weighted by atomic mass is 16.1. The highest BCUT2D eigenvalue weighted by Crippen LogP contribution is 2.46. The summed E-state index contributed by atoms with van der Waals surface area (Å²) in [6, 6.07) is 14.6. The van der Waals surface area contributed by atoms with Gasteiger partial charge >= 0.3 is 0 Å². The third-order valence-corrected chi connectivity index (χ3v) is 10.9. The average Bonchev–Trinajstić information content (AvgIpc) is 3.02. The van der Waals surface area contributed by atoms with E-state index in [0.29, 0.717) is 35.1 Å². The van der Waals surface area contributed by atoms with Crippen molar-refractivity contribution in [1.29, 1.82) is 0 Å². The van der Waals surface area contributed by atoms with Crippen molar-refractivity contribution in [2.24, 2.45) is 34.5 Å². The molecule has 6 rings (SSSR count). The number of fused-ring (bicyclic) bond motifs is 4. The molecule has 42 heavy (non-hydrogen) atoms. The van der Waals surface area contributed by atoms with Gasteiger partial charge in [-0.2, -0.15) is 0 Å². The van der Waals surface area contributed by atoms with Gasteiger partial charge in [0, 0.05) is 45.9 Å². The fraction of sp³-hybridized carbons (Fsp3) is 0.474. The van der Waals surface area contributed by atoms with E-state index in [1.165, 1.54) is 11.1 Å². The van der Waals surface area contributed by atoms with Crippen LogP contribution in [0.2, 0.25) is 0 Å². The second-order valence-electron chi connectivity index (χ2n) is 13.8. The summed E-state index contributed by atoms with van der Waals surface area (Å²) in [4.78, 5) is 50.8. The van der Waals surface area contributed by atoms with Crippen LogP contribution in [0.15, 0.2) is 71.8 Å². The molecule has 0 saturated carbocycles. The topological polar surface area (TPSA) is 68.3 Å². The second-order valence-corrected chi connectivity index (χ2v) is 13.8. The van der Waals surface area contributed by atoms with Gasteiger partial charge in [-0.25, -0.2) is 0 Å². The molecule has 0 aliphatic heterocycles. The largest absolute Gasteiger partial charge is 0.294 e. The maximum atomic E-state index is 12.8. The molecule has 0 fully saturated rings. The molecule has 4 nitrogen and oxygen atoms in total. The van der Waals surface area contributed by atoms with Crippen LogP contribution in [0.5, 0.6) is 0 Å². The first-order valence-electron chi connectivity index (χ1n) is 15.6. The molecule has 4 atom stereocenters. The standard InChI is InChI=1S/2C19H22O2/c2*1-4-19(2,3)12-9-10-15-16(11-12)18(21)14-8-6-5-7-13(14)17(15)20/h2*5-9,15-16H,4,10-11H2,1-3H3. The molecule has 0 bridgehead atoms. The second kappa shape index (κ2) is 11.4. The van der Waals surface area contributed by atoms with Gasteiger partial charge in [0.05, 0.1) is 0 Å². The fourth-order valence-electron chi connectivity index (χ4n) is 7.11. The summed E-state index contributed by atoms with van der Waals surface area (Å²) in [6.07, 6.45) is 9.43. The molecule has 0 saturated heterocycles. The van der Waals surface area contributed by atoms with Crippen LogP contribution in [0.4, 0.5) is 0 Å². The number of carbonyl (C=O) groups is 4. The summed E-state index contributed by atoms with van der Waals surface area (Å²) in [5.41, 5.74) is 5.40. The molecule has 4 heteroatoms. The number of Topliss-reactive ketones (excluding diaryl/α,β-unsaturated/α-hetero) is 4. The summed E-state index contributed by atoms with van der Waals surface area (Å²) < 4.78 is 0. The minimum atomic E-state index is -0.154. The van der Waals surface area contributed by atoms with E-state index in [1.54, 1.807) is 24.3 Å². The van der Waals surface area contributed by atoms with E-state index < -0.39 is 0 Å². The predicted octanol–water partition coefficient (Wildman–Crippen LogP) is 8.91. The molecule has 0 N–H and O–H groups in total. The van der Waals surface area contributed by atoms with Crippen LogP contribution in [-0.2, 0) is 0 Å². The van der Waals surface area contributed by atoms with E-state index in [1.807, 2.05) is 24.3 Å². The van der Waals surface area contributed by atoms with Crippen molar-refractivity contribution < 1.29 is 19.2 Å². The van der Waals surface area contributed by atoms with Crippen LogP contribution >= 0.6 is 0 Å². The Morgan fingerprint density at radius 3 is 1.10 bits per heavy atom. The van der Waals surface area contributed by atoms with Gasteiger partial charge in [0.1, 0.15) is 0 Å². The number of allylic oxidation sites excluding steroid dienone is 4. The monoisotopic (exact) mass is 564 g/mol. The van der Waals surface area contributed by atoms with Gasteiger partial charge in [-0.05, 0) is 49.4 Å². The van der Waals surface area contributed by atoms with Crippen LogP contribution in [0.25, 0.3) is 0 Å². The maximum absolute atomic E-state index is 12.8. The molecule has 0 aromatic heterocycles. The summed E-state index contributed by atoms with van der Waals surface area (Å²) in [5, 5.41) is 0. The molecule has 0 radical (unpaired) electrons. The average molecular weight is 565 g/mol. The van der Waals surface area contributed by atoms with Crippen molar-refractivity contribution in [2.45, 2.75) is 80.1 Å². The normalized spacial score (nSPS) is 25.2. The van der Waals surface area contributed by atoms with Crippen LogP contribution in [0.3, 0.4) is 0 Å². The van der Waals surface area contributed by atoms with E-state index in [0.717, 1.165) is 25.7 Å². The van der Waals surface area contributed by atoms with Gasteiger partial charge in [0.2, 0.25) is 0 Å². The Kier molecular flexibility index (Phi) is 8.13. The SMILES string of the molecule is CCC(C)(C)C1=CCC2C(=O)c3ccccc3C(=O)C2C1.CCC(C)(C)C1=CCC2C(=O)c3ccccc3C(=O)C2C1. The lowest BCUT2D eigenvalue weighted by atomic mass is 9.64. The third kappa shape index (κ3) is 5.18. The quantitative estimate of drug-likeness (QED) is 0.348. The van der Waals surface area contributed by atoms with Crippen molar-refractivity contribution in [3.05, 3.63) is 94.1 Å². The minimum Gasteiger partial charge on any atom is -0.294 e. The van der Waals surface area contributed by atoms with Crippen LogP contribution < -0.4 is 0 Å². The van der Waals surface area contributed by atoms with Gasteiger partial charge in [-0.3, -0.25) is 19.2 Å². The molecule has 4 aliphatic rings. The number of benzene rings is 2. The maximum Gasteiger partial charge on any atom is 0.167 e. The molecule has 4 aliphatic carbocycles. The van der Waals surface area contributed by atoms with E-state index >= 15 is 0 Å². The van der Waals surface area contributed by atoms with Crippen LogP contribution in [0.1, 0.15) is 121 Å². The molecular formula is C38H44O4. The molecule has 0 heterocycles. The number of ketones is 4. The Morgan fingerprint density at radius 2 is 0.810 bits per heavy atom. The molecule has 2 aromatic rings. The summed E-state index contributed by atoms with van der Waals surface area (Å²) in [7, 11) is 0. The van der Waals surface area contributed by atoms with Gasteiger partial charge < -0.3 is 0 Å². The van der Waals surface area contributed by atoms with E-state index in [-0.39, 0.29) is 57.6 Å². The lowest BCUT2D eigenvalue weighted by molar-refractivity contribution is 0.0717. The van der Waals surface area contributed by atoms with E-state index in [4.69, 9.17) is 0 Å². The minimum absolute atomic E-state index is 0.116. The highest BCUT2D eigenvalue weighted by Gasteiger charge is 2.45. The van der Waals surface area contributed by atoms with E-state index in [9.17, 15) is 19.2 Å². The Morgan fingerprint density at radius 1 is 0.524 bits per heavy atom. The summed E-state index contributed by atoms with van der Waals surface area (Å²) in [6.45, 7) is 13.3. The summed E-state index contributed by atoms with van der Waals surface area (Å²) in [5.74, 6) is 0.0177. The van der Waals surface area contributed by atoms with Crippen molar-refractivity contribution in [3.8, 4) is 0 Å². The Bertz CT molecular complexity index is 1390. The summed E-state index contributed by atoms with van der Waals surface area (Å²) >= 11 is 0. The zero-order valence-electron chi connectivity index (χ0n) is 26.0. The molecule has 220 valence electrons. The first-order valence-corrected chi connectivity index (χ1v) is 15.6. The first-order chi connectivity index (χ1) is 19.9. The number of hydrogen-bond acceptors (Lipinski definition) is 4. The number of rotatable bonds is 4. The fourth-order valence-corrected chi connectivity index (χ4v) is 7.11. The third-order valence-electron chi connectivity index (χ3n) is 10.9. The Balaban J connectivity index is 0.000000168. The lowest BCUT2D eigenvalue weighted by Crippen LogP contribution is -2.39. The molecule has 0 amide bonds. The number of hydrogen-bond donors (Lipinski definition) is 0. The van der Waals surface area contributed by atoms with Crippen molar-refractivity contribution in [1.82, 2.24) is 0 Å². The van der Waals surface area contributed by atoms with Gasteiger partial charge in [-0.1, -0.05) is 113 Å². The number of carbonyl (C=O) groups excluding carboxylic acids is 4. The molecular weight excluding hydrogens is 520 g/mol. The smallest absolute Gasteiger partial charge is 0.167 e. The Labute approximate surface area is 250 Å². The van der Waals surface area contributed by atoms with Crippen molar-refractivity contribution >= 4 is 23.1 Å². The van der Waals surface area contributed by atoms with Gasteiger partial charge in [-0.15, -0.1) is 0 Å². The predicted molar refractivity (Wildman–Crippen MR) is 167 cm³/mol.